The van der Waals surface area contributed by atoms with Crippen LogP contribution in [0.1, 0.15) is 42.0 Å². The summed E-state index contributed by atoms with van der Waals surface area (Å²) in [5, 5.41) is 4.40. The first-order chi connectivity index (χ1) is 9.27. The normalized spacial score (nSPS) is 11.7. The first-order valence-corrected chi connectivity index (χ1v) is 7.39. The van der Waals surface area contributed by atoms with Gasteiger partial charge >= 0.3 is 0 Å². The van der Waals surface area contributed by atoms with Crippen LogP contribution in [0.2, 0.25) is 0 Å². The summed E-state index contributed by atoms with van der Waals surface area (Å²) in [6.45, 7) is 10.9. The molecule has 0 aliphatic rings. The average molecular weight is 291 g/mol. The molecule has 108 valence electrons. The van der Waals surface area contributed by atoms with E-state index < -0.39 is 0 Å². The SMILES string of the molecule is Cc1ncc(CNc2nc(C(C)(C)C)nc(N)c2C)s1. The molecule has 2 heterocycles. The van der Waals surface area contributed by atoms with Crippen LogP contribution in [0, 0.1) is 13.8 Å². The maximum Gasteiger partial charge on any atom is 0.138 e. The number of nitrogen functional groups attached to an aromatic ring is 1. The Morgan fingerprint density at radius 1 is 1.25 bits per heavy atom. The van der Waals surface area contributed by atoms with Crippen molar-refractivity contribution in [3.63, 3.8) is 0 Å². The van der Waals surface area contributed by atoms with Gasteiger partial charge in [-0.25, -0.2) is 15.0 Å². The Labute approximate surface area is 123 Å². The standard InChI is InChI=1S/C14H21N5S/c1-8-11(15)18-13(14(3,4)5)19-12(8)17-7-10-6-16-9(2)20-10/h6H,7H2,1-5H3,(H3,15,17,18,19). The van der Waals surface area contributed by atoms with Crippen LogP contribution in [0.25, 0.3) is 0 Å². The van der Waals surface area contributed by atoms with E-state index in [9.17, 15) is 0 Å². The van der Waals surface area contributed by atoms with Gasteiger partial charge in [0.25, 0.3) is 0 Å². The van der Waals surface area contributed by atoms with Gasteiger partial charge in [-0.1, -0.05) is 20.8 Å². The summed E-state index contributed by atoms with van der Waals surface area (Å²) in [5.74, 6) is 2.09. The average Bonchev–Trinajstić information content (AvgIpc) is 2.75. The first-order valence-electron chi connectivity index (χ1n) is 6.57. The van der Waals surface area contributed by atoms with Crippen LogP contribution in [-0.4, -0.2) is 15.0 Å². The third-order valence-electron chi connectivity index (χ3n) is 2.95. The molecule has 2 aromatic rings. The van der Waals surface area contributed by atoms with Gasteiger partial charge in [0.1, 0.15) is 17.5 Å². The van der Waals surface area contributed by atoms with E-state index in [2.05, 4.69) is 41.0 Å². The molecule has 2 rings (SSSR count). The maximum absolute atomic E-state index is 5.99. The number of thiazole rings is 1. The molecule has 0 unspecified atom stereocenters. The van der Waals surface area contributed by atoms with Crippen molar-refractivity contribution in [2.45, 2.75) is 46.6 Å². The van der Waals surface area contributed by atoms with Crippen molar-refractivity contribution in [2.24, 2.45) is 0 Å². The van der Waals surface area contributed by atoms with Crippen LogP contribution < -0.4 is 11.1 Å². The van der Waals surface area contributed by atoms with Crippen molar-refractivity contribution < 1.29 is 0 Å². The number of anilines is 2. The molecule has 6 heteroatoms. The molecule has 0 spiro atoms. The lowest BCUT2D eigenvalue weighted by Crippen LogP contribution is -2.19. The molecule has 0 saturated carbocycles. The van der Waals surface area contributed by atoms with Gasteiger partial charge in [-0.15, -0.1) is 11.3 Å². The number of hydrogen-bond acceptors (Lipinski definition) is 6. The number of nitrogens with zero attached hydrogens (tertiary/aromatic N) is 3. The Bertz CT molecular complexity index is 613. The molecule has 0 aliphatic heterocycles. The van der Waals surface area contributed by atoms with Crippen LogP contribution in [0.15, 0.2) is 6.20 Å². The molecule has 20 heavy (non-hydrogen) atoms. The Morgan fingerprint density at radius 3 is 2.50 bits per heavy atom. The number of rotatable bonds is 3. The predicted octanol–water partition coefficient (Wildman–Crippen LogP) is 3.04. The third kappa shape index (κ3) is 3.25. The van der Waals surface area contributed by atoms with Crippen molar-refractivity contribution in [1.82, 2.24) is 15.0 Å². The van der Waals surface area contributed by atoms with E-state index in [-0.39, 0.29) is 5.41 Å². The lowest BCUT2D eigenvalue weighted by atomic mass is 9.95. The number of hydrogen-bond donors (Lipinski definition) is 2. The number of nitrogens with one attached hydrogen (secondary N) is 1. The third-order valence-corrected chi connectivity index (χ3v) is 3.87. The van der Waals surface area contributed by atoms with Crippen molar-refractivity contribution in [1.29, 1.82) is 0 Å². The van der Waals surface area contributed by atoms with Crippen molar-refractivity contribution in [3.8, 4) is 0 Å². The highest BCUT2D eigenvalue weighted by Crippen LogP contribution is 2.25. The van der Waals surface area contributed by atoms with Crippen LogP contribution in [0.3, 0.4) is 0 Å². The van der Waals surface area contributed by atoms with Crippen molar-refractivity contribution >= 4 is 23.0 Å². The minimum absolute atomic E-state index is 0.126. The van der Waals surface area contributed by atoms with Crippen LogP contribution in [0.5, 0.6) is 0 Å². The smallest absolute Gasteiger partial charge is 0.138 e. The second kappa shape index (κ2) is 5.36. The van der Waals surface area contributed by atoms with Gasteiger partial charge in [0, 0.05) is 22.1 Å². The fraction of sp³-hybridized carbons (Fsp3) is 0.500. The van der Waals surface area contributed by atoms with E-state index in [4.69, 9.17) is 5.73 Å². The Hall–Kier alpha value is -1.69. The molecule has 5 nitrogen and oxygen atoms in total. The molecule has 0 amide bonds. The lowest BCUT2D eigenvalue weighted by molar-refractivity contribution is 0.546. The van der Waals surface area contributed by atoms with Gasteiger partial charge in [-0.2, -0.15) is 0 Å². The molecular weight excluding hydrogens is 270 g/mol. The summed E-state index contributed by atoms with van der Waals surface area (Å²) in [5.41, 5.74) is 6.75. The van der Waals surface area contributed by atoms with Gasteiger partial charge in [-0.3, -0.25) is 0 Å². The van der Waals surface area contributed by atoms with E-state index in [1.54, 1.807) is 11.3 Å². The van der Waals surface area contributed by atoms with Crippen molar-refractivity contribution in [2.75, 3.05) is 11.1 Å². The van der Waals surface area contributed by atoms with Crippen LogP contribution >= 0.6 is 11.3 Å². The summed E-state index contributed by atoms with van der Waals surface area (Å²) < 4.78 is 0. The summed E-state index contributed by atoms with van der Waals surface area (Å²) in [6.07, 6.45) is 1.89. The summed E-state index contributed by atoms with van der Waals surface area (Å²) >= 11 is 1.68. The minimum Gasteiger partial charge on any atom is -0.383 e. The molecule has 0 bridgehead atoms. The van der Waals surface area contributed by atoms with Crippen LogP contribution in [-0.2, 0) is 12.0 Å². The highest BCUT2D eigenvalue weighted by molar-refractivity contribution is 7.11. The highest BCUT2D eigenvalue weighted by Gasteiger charge is 2.20. The molecular formula is C14H21N5S. The first kappa shape index (κ1) is 14.7. The quantitative estimate of drug-likeness (QED) is 0.909. The molecule has 0 saturated heterocycles. The minimum atomic E-state index is -0.126. The molecule has 0 aromatic carbocycles. The van der Waals surface area contributed by atoms with E-state index in [1.807, 2.05) is 20.0 Å². The number of aromatic nitrogens is 3. The molecule has 3 N–H and O–H groups in total. The van der Waals surface area contributed by atoms with E-state index in [0.29, 0.717) is 12.4 Å². The van der Waals surface area contributed by atoms with Gasteiger partial charge in [0.2, 0.25) is 0 Å². The van der Waals surface area contributed by atoms with Gasteiger partial charge in [0.05, 0.1) is 11.6 Å². The zero-order valence-electron chi connectivity index (χ0n) is 12.6. The Morgan fingerprint density at radius 2 is 1.95 bits per heavy atom. The predicted molar refractivity (Wildman–Crippen MR) is 84.1 cm³/mol. The fourth-order valence-electron chi connectivity index (χ4n) is 1.70. The van der Waals surface area contributed by atoms with E-state index in [0.717, 1.165) is 22.2 Å². The Kier molecular flexibility index (Phi) is 3.94. The zero-order chi connectivity index (χ0) is 14.9. The molecule has 2 aromatic heterocycles. The second-order valence-electron chi connectivity index (χ2n) is 5.86. The molecule has 0 fully saturated rings. The second-order valence-corrected chi connectivity index (χ2v) is 7.17. The van der Waals surface area contributed by atoms with Gasteiger partial charge < -0.3 is 11.1 Å². The highest BCUT2D eigenvalue weighted by atomic mass is 32.1. The summed E-state index contributed by atoms with van der Waals surface area (Å²) in [6, 6.07) is 0. The fourth-order valence-corrected chi connectivity index (χ4v) is 2.43. The number of nitrogens with two attached hydrogens (primary N) is 1. The topological polar surface area (TPSA) is 76.7 Å². The molecule has 0 atom stereocenters. The number of aryl methyl sites for hydroxylation is 1. The van der Waals surface area contributed by atoms with Gasteiger partial charge in [-0.05, 0) is 13.8 Å². The zero-order valence-corrected chi connectivity index (χ0v) is 13.4. The van der Waals surface area contributed by atoms with E-state index >= 15 is 0 Å². The van der Waals surface area contributed by atoms with Gasteiger partial charge in [0.15, 0.2) is 0 Å². The summed E-state index contributed by atoms with van der Waals surface area (Å²) in [4.78, 5) is 14.4. The van der Waals surface area contributed by atoms with E-state index in [1.165, 1.54) is 4.88 Å². The van der Waals surface area contributed by atoms with Crippen LogP contribution in [0.4, 0.5) is 11.6 Å². The Balaban J connectivity index is 2.24. The molecule has 0 radical (unpaired) electrons. The lowest BCUT2D eigenvalue weighted by Gasteiger charge is -2.19. The maximum atomic E-state index is 5.99. The largest absolute Gasteiger partial charge is 0.383 e. The summed E-state index contributed by atoms with van der Waals surface area (Å²) in [7, 11) is 0. The molecule has 0 aliphatic carbocycles. The monoisotopic (exact) mass is 291 g/mol. The van der Waals surface area contributed by atoms with Crippen molar-refractivity contribution in [3.05, 3.63) is 27.5 Å².